The van der Waals surface area contributed by atoms with Gasteiger partial charge in [0, 0.05) is 24.2 Å². The number of rotatable bonds is 3. The molecule has 1 heterocycles. The van der Waals surface area contributed by atoms with Crippen molar-refractivity contribution >= 4 is 16.9 Å². The molecule has 0 bridgehead atoms. The second-order valence-electron chi connectivity index (χ2n) is 3.83. The number of phenols is 1. The van der Waals surface area contributed by atoms with Crippen molar-refractivity contribution in [1.82, 2.24) is 4.57 Å². The molecule has 0 aliphatic rings. The molecule has 0 saturated carbocycles. The number of hydrogen-bond donors (Lipinski definition) is 2. The van der Waals surface area contributed by atoms with Gasteiger partial charge in [0.1, 0.15) is 11.6 Å². The lowest BCUT2D eigenvalue weighted by Gasteiger charge is -2.01. The van der Waals surface area contributed by atoms with Gasteiger partial charge < -0.3 is 14.8 Å². The van der Waals surface area contributed by atoms with E-state index in [1.165, 1.54) is 6.07 Å². The summed E-state index contributed by atoms with van der Waals surface area (Å²) >= 11 is 0. The molecule has 2 N–H and O–H groups in total. The van der Waals surface area contributed by atoms with E-state index in [2.05, 4.69) is 0 Å². The summed E-state index contributed by atoms with van der Waals surface area (Å²) in [7, 11) is 0. The average molecular weight is 267 g/mol. The summed E-state index contributed by atoms with van der Waals surface area (Å²) in [5.74, 6) is -1.74. The lowest BCUT2D eigenvalue weighted by molar-refractivity contribution is -0.136. The Kier molecular flexibility index (Phi) is 4.92. The first-order valence-corrected chi connectivity index (χ1v) is 6.25. The van der Waals surface area contributed by atoms with Gasteiger partial charge in [-0.2, -0.15) is 0 Å². The van der Waals surface area contributed by atoms with E-state index in [0.29, 0.717) is 23.0 Å². The van der Waals surface area contributed by atoms with Crippen LogP contribution in [0.3, 0.4) is 0 Å². The molecule has 4 nitrogen and oxygen atoms in total. The number of aromatic hydroxyl groups is 1. The van der Waals surface area contributed by atoms with Gasteiger partial charge in [-0.1, -0.05) is 13.8 Å². The molecule has 0 atom stereocenters. The lowest BCUT2D eigenvalue weighted by Crippen LogP contribution is -1.99. The predicted octanol–water partition coefficient (Wildman–Crippen LogP) is 3.16. The zero-order valence-corrected chi connectivity index (χ0v) is 11.3. The van der Waals surface area contributed by atoms with E-state index < -0.39 is 11.8 Å². The standard InChI is InChI=1S/C12H12FNO3.C2H6/c1-2-14-6-7(3-11(16)17)12-9(14)4-8(13)5-10(12)15;1-2/h4-6,15H,2-3H2,1H3,(H,16,17);1-2H3. The summed E-state index contributed by atoms with van der Waals surface area (Å²) in [6.07, 6.45) is 1.45. The first-order chi connectivity index (χ1) is 9.02. The van der Waals surface area contributed by atoms with E-state index >= 15 is 0 Å². The summed E-state index contributed by atoms with van der Waals surface area (Å²) in [5, 5.41) is 18.9. The van der Waals surface area contributed by atoms with Gasteiger partial charge in [0.15, 0.2) is 0 Å². The Labute approximate surface area is 111 Å². The Balaban J connectivity index is 0.000000861. The van der Waals surface area contributed by atoms with Crippen molar-refractivity contribution in [2.24, 2.45) is 0 Å². The van der Waals surface area contributed by atoms with Crippen molar-refractivity contribution in [3.05, 3.63) is 29.7 Å². The summed E-state index contributed by atoms with van der Waals surface area (Å²) in [4.78, 5) is 10.7. The highest BCUT2D eigenvalue weighted by Gasteiger charge is 2.15. The van der Waals surface area contributed by atoms with Crippen LogP contribution in [0.15, 0.2) is 18.3 Å². The number of aryl methyl sites for hydroxylation is 1. The van der Waals surface area contributed by atoms with E-state index in [4.69, 9.17) is 5.11 Å². The molecule has 19 heavy (non-hydrogen) atoms. The maximum atomic E-state index is 13.2. The fraction of sp³-hybridized carbons (Fsp3) is 0.357. The summed E-state index contributed by atoms with van der Waals surface area (Å²) < 4.78 is 14.9. The predicted molar refractivity (Wildman–Crippen MR) is 71.9 cm³/mol. The van der Waals surface area contributed by atoms with Crippen LogP contribution < -0.4 is 0 Å². The minimum absolute atomic E-state index is 0.192. The monoisotopic (exact) mass is 267 g/mol. The van der Waals surface area contributed by atoms with Gasteiger partial charge in [-0.05, 0) is 18.6 Å². The van der Waals surface area contributed by atoms with Crippen molar-refractivity contribution < 1.29 is 19.4 Å². The van der Waals surface area contributed by atoms with E-state index in [-0.39, 0.29) is 12.2 Å². The zero-order valence-electron chi connectivity index (χ0n) is 11.3. The number of hydrogen-bond acceptors (Lipinski definition) is 2. The van der Waals surface area contributed by atoms with Crippen molar-refractivity contribution in [1.29, 1.82) is 0 Å². The third-order valence-corrected chi connectivity index (χ3v) is 2.69. The summed E-state index contributed by atoms with van der Waals surface area (Å²) in [6.45, 7) is 6.45. The van der Waals surface area contributed by atoms with E-state index in [1.807, 2.05) is 20.8 Å². The van der Waals surface area contributed by atoms with Crippen LogP contribution >= 0.6 is 0 Å². The van der Waals surface area contributed by atoms with Crippen LogP contribution in [0.25, 0.3) is 10.9 Å². The minimum Gasteiger partial charge on any atom is -0.507 e. The van der Waals surface area contributed by atoms with Crippen molar-refractivity contribution in [2.45, 2.75) is 33.7 Å². The fourth-order valence-corrected chi connectivity index (χ4v) is 2.01. The van der Waals surface area contributed by atoms with Crippen LogP contribution in [0.2, 0.25) is 0 Å². The molecule has 0 unspecified atom stereocenters. The Morgan fingerprint density at radius 1 is 1.37 bits per heavy atom. The average Bonchev–Trinajstić information content (AvgIpc) is 2.69. The van der Waals surface area contributed by atoms with Gasteiger partial charge >= 0.3 is 5.97 Å². The van der Waals surface area contributed by atoms with Crippen LogP contribution in [-0.2, 0) is 17.8 Å². The molecule has 0 aliphatic carbocycles. The Morgan fingerprint density at radius 2 is 2.00 bits per heavy atom. The van der Waals surface area contributed by atoms with Gasteiger partial charge in [-0.25, -0.2) is 4.39 Å². The molecule has 0 amide bonds. The maximum absolute atomic E-state index is 13.2. The molecule has 0 fully saturated rings. The molecule has 5 heteroatoms. The molecule has 1 aromatic heterocycles. The quantitative estimate of drug-likeness (QED) is 0.898. The molecule has 0 radical (unpaired) electrons. The number of halogens is 1. The molecule has 0 aliphatic heterocycles. The first-order valence-electron chi connectivity index (χ1n) is 6.25. The second-order valence-corrected chi connectivity index (χ2v) is 3.83. The first kappa shape index (κ1) is 15.0. The molecule has 0 saturated heterocycles. The fourth-order valence-electron chi connectivity index (χ4n) is 2.01. The van der Waals surface area contributed by atoms with Crippen molar-refractivity contribution in [2.75, 3.05) is 0 Å². The van der Waals surface area contributed by atoms with Crippen LogP contribution in [-0.4, -0.2) is 20.7 Å². The maximum Gasteiger partial charge on any atom is 0.307 e. The highest BCUT2D eigenvalue weighted by Crippen LogP contribution is 2.31. The molecular formula is C14H18FNO3. The molecular weight excluding hydrogens is 249 g/mol. The van der Waals surface area contributed by atoms with Crippen LogP contribution in [0.5, 0.6) is 5.75 Å². The lowest BCUT2D eigenvalue weighted by atomic mass is 10.1. The number of fused-ring (bicyclic) bond motifs is 1. The molecule has 104 valence electrons. The number of aromatic nitrogens is 1. The smallest absolute Gasteiger partial charge is 0.307 e. The Hall–Kier alpha value is -2.04. The van der Waals surface area contributed by atoms with Gasteiger partial charge in [-0.15, -0.1) is 0 Å². The van der Waals surface area contributed by atoms with Crippen LogP contribution in [0, 0.1) is 5.82 Å². The van der Waals surface area contributed by atoms with Crippen molar-refractivity contribution in [3.63, 3.8) is 0 Å². The third kappa shape index (κ3) is 3.05. The number of benzene rings is 1. The summed E-state index contributed by atoms with van der Waals surface area (Å²) in [5.41, 5.74) is 1.01. The topological polar surface area (TPSA) is 62.5 Å². The van der Waals surface area contributed by atoms with E-state index in [0.717, 1.165) is 6.07 Å². The molecule has 1 aromatic carbocycles. The SMILES string of the molecule is CC.CCn1cc(CC(=O)O)c2c(O)cc(F)cc21. The van der Waals surface area contributed by atoms with Crippen molar-refractivity contribution in [3.8, 4) is 5.75 Å². The number of nitrogens with zero attached hydrogens (tertiary/aromatic N) is 1. The van der Waals surface area contributed by atoms with E-state index in [9.17, 15) is 14.3 Å². The normalized spacial score (nSPS) is 10.1. The van der Waals surface area contributed by atoms with Crippen LogP contribution in [0.4, 0.5) is 4.39 Å². The number of aliphatic carboxylic acids is 1. The highest BCUT2D eigenvalue weighted by atomic mass is 19.1. The zero-order chi connectivity index (χ0) is 14.6. The summed E-state index contributed by atoms with van der Waals surface area (Å²) in [6, 6.07) is 2.29. The van der Waals surface area contributed by atoms with Gasteiger partial charge in [0.25, 0.3) is 0 Å². The Morgan fingerprint density at radius 3 is 2.53 bits per heavy atom. The molecule has 2 aromatic rings. The number of carbonyl (C=O) groups is 1. The molecule has 0 spiro atoms. The number of carboxylic acid groups (broad SMARTS) is 1. The van der Waals surface area contributed by atoms with Gasteiger partial charge in [-0.3, -0.25) is 4.79 Å². The third-order valence-electron chi connectivity index (χ3n) is 2.69. The minimum atomic E-state index is -0.983. The molecule has 2 rings (SSSR count). The highest BCUT2D eigenvalue weighted by molar-refractivity contribution is 5.92. The second kappa shape index (κ2) is 6.22. The van der Waals surface area contributed by atoms with E-state index in [1.54, 1.807) is 10.8 Å². The van der Waals surface area contributed by atoms with Crippen LogP contribution in [0.1, 0.15) is 26.3 Å². The van der Waals surface area contributed by atoms with Gasteiger partial charge in [0.2, 0.25) is 0 Å². The number of phenolic OH excluding ortho intramolecular Hbond substituents is 1. The Bertz CT molecular complexity index is 590. The largest absolute Gasteiger partial charge is 0.507 e. The number of carboxylic acids is 1. The van der Waals surface area contributed by atoms with Gasteiger partial charge in [0.05, 0.1) is 11.9 Å².